The van der Waals surface area contributed by atoms with E-state index in [-0.39, 0.29) is 0 Å². The number of hydrogen-bond donors (Lipinski definition) is 2. The van der Waals surface area contributed by atoms with Gasteiger partial charge in [-0.25, -0.2) is 4.98 Å². The Morgan fingerprint density at radius 1 is 1.29 bits per heavy atom. The number of quaternary nitrogens is 1. The smallest absolute Gasteiger partial charge is 0.157 e. The van der Waals surface area contributed by atoms with Crippen LogP contribution in [0, 0.1) is 11.3 Å². The van der Waals surface area contributed by atoms with E-state index in [0.29, 0.717) is 5.56 Å². The van der Waals surface area contributed by atoms with Gasteiger partial charge in [-0.2, -0.15) is 5.26 Å². The first-order chi connectivity index (χ1) is 11.7. The number of anilines is 1. The highest BCUT2D eigenvalue weighted by Crippen LogP contribution is 2.27. The van der Waals surface area contributed by atoms with Crippen molar-refractivity contribution >= 4 is 22.5 Å². The maximum atomic E-state index is 9.68. The first-order valence-corrected chi connectivity index (χ1v) is 8.51. The Bertz CT molecular complexity index is 901. The van der Waals surface area contributed by atoms with Crippen molar-refractivity contribution in [3.63, 3.8) is 0 Å². The van der Waals surface area contributed by atoms with Gasteiger partial charge in [-0.3, -0.25) is 4.40 Å². The number of imidazole rings is 1. The Hall–Kier alpha value is -2.58. The molecule has 3 rings (SSSR count). The normalized spacial score (nSPS) is 11.3. The second-order valence-corrected chi connectivity index (χ2v) is 6.44. The number of nitriles is 1. The molecule has 24 heavy (non-hydrogen) atoms. The third-order valence-electron chi connectivity index (χ3n) is 4.22. The number of rotatable bonds is 6. The van der Waals surface area contributed by atoms with E-state index in [2.05, 4.69) is 48.9 Å². The van der Waals surface area contributed by atoms with E-state index in [9.17, 15) is 5.26 Å². The Morgan fingerprint density at radius 3 is 2.79 bits per heavy atom. The summed E-state index contributed by atoms with van der Waals surface area (Å²) in [6, 6.07) is 12.5. The van der Waals surface area contributed by atoms with Crippen LogP contribution in [0.1, 0.15) is 24.5 Å². The van der Waals surface area contributed by atoms with Gasteiger partial charge in [0.15, 0.2) is 5.65 Å². The Morgan fingerprint density at radius 2 is 2.08 bits per heavy atom. The minimum Gasteiger partial charge on any atom is -0.365 e. The predicted octanol–water partition coefficient (Wildman–Crippen LogP) is 1.87. The fourth-order valence-corrected chi connectivity index (χ4v) is 3.04. The molecule has 124 valence electrons. The van der Waals surface area contributed by atoms with Crippen LogP contribution >= 0.6 is 0 Å². The second-order valence-electron chi connectivity index (χ2n) is 6.44. The third kappa shape index (κ3) is 2.93. The van der Waals surface area contributed by atoms with E-state index in [1.807, 2.05) is 18.2 Å². The molecule has 0 amide bonds. The summed E-state index contributed by atoms with van der Waals surface area (Å²) in [6.07, 6.45) is 1.89. The van der Waals surface area contributed by atoms with Gasteiger partial charge in [-0.05, 0) is 30.2 Å². The summed E-state index contributed by atoms with van der Waals surface area (Å²) in [4.78, 5) is 6.13. The molecule has 0 atom stereocenters. The molecule has 0 saturated carbocycles. The molecule has 0 spiro atoms. The molecule has 0 saturated heterocycles. The lowest BCUT2D eigenvalue weighted by Gasteiger charge is -2.14. The monoisotopic (exact) mass is 322 g/mol. The fraction of sp³-hybridized carbons (Fsp3) is 0.368. The van der Waals surface area contributed by atoms with Crippen LogP contribution in [0.3, 0.4) is 0 Å². The van der Waals surface area contributed by atoms with Crippen molar-refractivity contribution in [2.24, 2.45) is 0 Å². The van der Waals surface area contributed by atoms with Gasteiger partial charge in [-0.1, -0.05) is 25.5 Å². The lowest BCUT2D eigenvalue weighted by molar-refractivity contribution is -0.856. The minimum atomic E-state index is 0.692. The van der Waals surface area contributed by atoms with Crippen LogP contribution in [0.15, 0.2) is 30.3 Å². The van der Waals surface area contributed by atoms with Gasteiger partial charge in [0.2, 0.25) is 0 Å². The molecule has 0 unspecified atom stereocenters. The number of benzene rings is 1. The summed E-state index contributed by atoms with van der Waals surface area (Å²) < 4.78 is 2.08. The molecule has 0 fully saturated rings. The van der Waals surface area contributed by atoms with Gasteiger partial charge >= 0.3 is 0 Å². The first-order valence-electron chi connectivity index (χ1n) is 8.51. The maximum Gasteiger partial charge on any atom is 0.157 e. The van der Waals surface area contributed by atoms with E-state index < -0.39 is 0 Å². The molecule has 5 heteroatoms. The molecule has 3 aromatic rings. The summed E-state index contributed by atoms with van der Waals surface area (Å²) in [5.74, 6) is 1.02. The highest BCUT2D eigenvalue weighted by molar-refractivity contribution is 5.85. The highest BCUT2D eigenvalue weighted by Gasteiger charge is 2.16. The van der Waals surface area contributed by atoms with Crippen molar-refractivity contribution < 1.29 is 4.90 Å². The fourth-order valence-electron chi connectivity index (χ4n) is 3.04. The van der Waals surface area contributed by atoms with E-state index >= 15 is 0 Å². The standard InChI is InChI=1S/C19H23N5/c1-4-7-14-12-18(21-10-11-23(2)3)24-17-9-6-5-8-16(17)22-19(24)15(14)13-20/h5-6,8-9,12,21H,4,7,10-11H2,1-3H3/p+1. The van der Waals surface area contributed by atoms with Crippen molar-refractivity contribution in [1.29, 1.82) is 5.26 Å². The zero-order valence-corrected chi connectivity index (χ0v) is 14.6. The molecule has 2 N–H and O–H groups in total. The number of nitrogens with zero attached hydrogens (tertiary/aromatic N) is 3. The largest absolute Gasteiger partial charge is 0.365 e. The average molecular weight is 322 g/mol. The van der Waals surface area contributed by atoms with Crippen molar-refractivity contribution in [3.8, 4) is 6.07 Å². The molecular weight excluding hydrogens is 298 g/mol. The molecule has 2 aromatic heterocycles. The molecule has 5 nitrogen and oxygen atoms in total. The van der Waals surface area contributed by atoms with Crippen LogP contribution in [0.2, 0.25) is 0 Å². The lowest BCUT2D eigenvalue weighted by atomic mass is 10.1. The summed E-state index contributed by atoms with van der Waals surface area (Å²) in [6.45, 7) is 4.04. The molecule has 0 radical (unpaired) electrons. The van der Waals surface area contributed by atoms with Crippen LogP contribution in [0.25, 0.3) is 16.7 Å². The quantitative estimate of drug-likeness (QED) is 0.728. The topological polar surface area (TPSA) is 57.6 Å². The zero-order valence-electron chi connectivity index (χ0n) is 14.6. The number of nitrogens with one attached hydrogen (secondary N) is 2. The molecular formula is C19H24N5+. The van der Waals surface area contributed by atoms with Crippen LogP contribution in [-0.4, -0.2) is 36.6 Å². The van der Waals surface area contributed by atoms with Crippen molar-refractivity contribution in [1.82, 2.24) is 9.38 Å². The summed E-state index contributed by atoms with van der Waals surface area (Å²) >= 11 is 0. The Kier molecular flexibility index (Phi) is 4.68. The second kappa shape index (κ2) is 6.90. The molecule has 0 aliphatic heterocycles. The van der Waals surface area contributed by atoms with Crippen molar-refractivity contribution in [3.05, 3.63) is 41.5 Å². The van der Waals surface area contributed by atoms with Crippen molar-refractivity contribution in [2.45, 2.75) is 19.8 Å². The highest BCUT2D eigenvalue weighted by atomic mass is 15.1. The van der Waals surface area contributed by atoms with E-state index in [4.69, 9.17) is 4.98 Å². The van der Waals surface area contributed by atoms with Crippen LogP contribution in [-0.2, 0) is 6.42 Å². The Balaban J connectivity index is 2.21. The molecule has 2 heterocycles. The molecule has 0 aliphatic rings. The SMILES string of the molecule is CCCc1cc(NCC[NH+](C)C)n2c(nc3ccccc32)c1C#N. The van der Waals surface area contributed by atoms with Gasteiger partial charge in [0.25, 0.3) is 0 Å². The minimum absolute atomic E-state index is 0.692. The first kappa shape index (κ1) is 16.3. The van der Waals surface area contributed by atoms with Gasteiger partial charge < -0.3 is 10.2 Å². The molecule has 0 bridgehead atoms. The number of likely N-dealkylation sites (N-methyl/N-ethyl adjacent to an activating group) is 1. The summed E-state index contributed by atoms with van der Waals surface area (Å²) in [7, 11) is 4.29. The summed E-state index contributed by atoms with van der Waals surface area (Å²) in [5.41, 5.74) is 4.47. The van der Waals surface area contributed by atoms with Crippen LogP contribution < -0.4 is 10.2 Å². The van der Waals surface area contributed by atoms with Crippen LogP contribution in [0.4, 0.5) is 5.82 Å². The number of aromatic nitrogens is 2. The number of hydrogen-bond acceptors (Lipinski definition) is 3. The predicted molar refractivity (Wildman–Crippen MR) is 97.6 cm³/mol. The molecule has 1 aromatic carbocycles. The van der Waals surface area contributed by atoms with E-state index in [1.165, 1.54) is 4.90 Å². The third-order valence-corrected chi connectivity index (χ3v) is 4.22. The average Bonchev–Trinajstić information content (AvgIpc) is 2.94. The maximum absolute atomic E-state index is 9.68. The van der Waals surface area contributed by atoms with Gasteiger partial charge in [0, 0.05) is 0 Å². The van der Waals surface area contributed by atoms with Gasteiger partial charge in [0.05, 0.1) is 43.8 Å². The van der Waals surface area contributed by atoms with Crippen LogP contribution in [0.5, 0.6) is 0 Å². The lowest BCUT2D eigenvalue weighted by Crippen LogP contribution is -3.06. The number of pyridine rings is 1. The van der Waals surface area contributed by atoms with Gasteiger partial charge in [-0.15, -0.1) is 0 Å². The van der Waals surface area contributed by atoms with Gasteiger partial charge in [0.1, 0.15) is 11.9 Å². The van der Waals surface area contributed by atoms with E-state index in [0.717, 1.165) is 54.0 Å². The molecule has 0 aliphatic carbocycles. The number of para-hydroxylation sites is 2. The Labute approximate surface area is 142 Å². The van der Waals surface area contributed by atoms with E-state index in [1.54, 1.807) is 0 Å². The zero-order chi connectivity index (χ0) is 17.1. The summed E-state index contributed by atoms with van der Waals surface area (Å²) in [5, 5.41) is 13.2. The number of aryl methyl sites for hydroxylation is 1. The van der Waals surface area contributed by atoms with Crippen molar-refractivity contribution in [2.75, 3.05) is 32.5 Å². The number of fused-ring (bicyclic) bond motifs is 3.